The van der Waals surface area contributed by atoms with Gasteiger partial charge in [-0.2, -0.15) is 0 Å². The van der Waals surface area contributed by atoms with Crippen LogP contribution in [0.25, 0.3) is 0 Å². The minimum atomic E-state index is -4.58. The highest BCUT2D eigenvalue weighted by molar-refractivity contribution is 7.47. The van der Waals surface area contributed by atoms with Crippen LogP contribution in [-0.2, 0) is 32.7 Å². The van der Waals surface area contributed by atoms with Crippen molar-refractivity contribution in [3.8, 4) is 0 Å². The monoisotopic (exact) mass is 666 g/mol. The Hall–Kier alpha value is -1.03. The zero-order valence-corrected chi connectivity index (χ0v) is 29.5. The van der Waals surface area contributed by atoms with E-state index in [0.29, 0.717) is 12.8 Å². The van der Waals surface area contributed by atoms with Crippen molar-refractivity contribution in [2.45, 2.75) is 180 Å². The number of carbonyl (C=O) groups excluding carboxylic acids is 2. The standard InChI is InChI=1S/C34H67O10P/c1-3-5-6-7-8-9-10-11-12-13-14-15-16-17-18-19-20-21-22-23-24-26-34(38)44-32(29-41-33(37)25-4-2)30-43-45(39,40)42-28-31(36)27-35/h31-32,35-36H,3-30H2,1-2H3,(H,39,40). The molecule has 268 valence electrons. The normalized spacial score (nSPS) is 14.2. The van der Waals surface area contributed by atoms with Gasteiger partial charge in [-0.1, -0.05) is 142 Å². The Bertz CT molecular complexity index is 736. The summed E-state index contributed by atoms with van der Waals surface area (Å²) in [5.41, 5.74) is 0. The minimum Gasteiger partial charge on any atom is -0.462 e. The number of hydrogen-bond donors (Lipinski definition) is 3. The fourth-order valence-corrected chi connectivity index (χ4v) is 5.76. The first kappa shape index (κ1) is 44.0. The number of carbonyl (C=O) groups is 2. The predicted molar refractivity (Wildman–Crippen MR) is 178 cm³/mol. The number of rotatable bonds is 34. The van der Waals surface area contributed by atoms with Crippen molar-refractivity contribution < 1.29 is 47.8 Å². The summed E-state index contributed by atoms with van der Waals surface area (Å²) in [7, 11) is -4.58. The molecule has 0 bridgehead atoms. The second kappa shape index (κ2) is 31.6. The predicted octanol–water partition coefficient (Wildman–Crippen LogP) is 8.33. The molecule has 0 radical (unpaired) electrons. The number of ether oxygens (including phenoxy) is 2. The van der Waals surface area contributed by atoms with Crippen molar-refractivity contribution in [2.24, 2.45) is 0 Å². The molecular weight excluding hydrogens is 599 g/mol. The van der Waals surface area contributed by atoms with Crippen LogP contribution < -0.4 is 0 Å². The summed E-state index contributed by atoms with van der Waals surface area (Å²) >= 11 is 0. The molecule has 0 aliphatic carbocycles. The zero-order valence-electron chi connectivity index (χ0n) is 28.6. The van der Waals surface area contributed by atoms with E-state index >= 15 is 0 Å². The van der Waals surface area contributed by atoms with Crippen LogP contribution in [0, 0.1) is 0 Å². The van der Waals surface area contributed by atoms with E-state index in [1.54, 1.807) is 0 Å². The van der Waals surface area contributed by atoms with Crippen LogP contribution in [0.5, 0.6) is 0 Å². The lowest BCUT2D eigenvalue weighted by molar-refractivity contribution is -0.161. The van der Waals surface area contributed by atoms with Gasteiger partial charge in [0.1, 0.15) is 12.7 Å². The average Bonchev–Trinajstić information content (AvgIpc) is 3.02. The van der Waals surface area contributed by atoms with Crippen molar-refractivity contribution in [1.29, 1.82) is 0 Å². The highest BCUT2D eigenvalue weighted by Gasteiger charge is 2.27. The fourth-order valence-electron chi connectivity index (χ4n) is 4.97. The molecule has 10 nitrogen and oxygen atoms in total. The van der Waals surface area contributed by atoms with Gasteiger partial charge in [-0.25, -0.2) is 4.57 Å². The minimum absolute atomic E-state index is 0.189. The number of phosphoric ester groups is 1. The maximum Gasteiger partial charge on any atom is 0.472 e. The van der Waals surface area contributed by atoms with Gasteiger partial charge in [-0.3, -0.25) is 18.6 Å². The maximum atomic E-state index is 12.4. The highest BCUT2D eigenvalue weighted by atomic mass is 31.2. The molecule has 11 heteroatoms. The van der Waals surface area contributed by atoms with Crippen molar-refractivity contribution in [3.63, 3.8) is 0 Å². The molecule has 0 rings (SSSR count). The fraction of sp³-hybridized carbons (Fsp3) is 0.941. The van der Waals surface area contributed by atoms with Gasteiger partial charge in [0.2, 0.25) is 0 Å². The smallest absolute Gasteiger partial charge is 0.462 e. The molecule has 0 saturated carbocycles. The van der Waals surface area contributed by atoms with Gasteiger partial charge in [0, 0.05) is 12.8 Å². The van der Waals surface area contributed by atoms with E-state index in [0.717, 1.165) is 19.3 Å². The molecule has 3 unspecified atom stereocenters. The molecule has 0 aromatic carbocycles. The Balaban J connectivity index is 3.88. The summed E-state index contributed by atoms with van der Waals surface area (Å²) in [4.78, 5) is 33.9. The summed E-state index contributed by atoms with van der Waals surface area (Å²) < 4.78 is 31.9. The number of aliphatic hydroxyl groups excluding tert-OH is 2. The van der Waals surface area contributed by atoms with Crippen LogP contribution in [-0.4, -0.2) is 65.7 Å². The van der Waals surface area contributed by atoms with Gasteiger partial charge in [0.15, 0.2) is 6.10 Å². The zero-order chi connectivity index (χ0) is 33.4. The number of phosphoric acid groups is 1. The Kier molecular flexibility index (Phi) is 30.8. The van der Waals surface area contributed by atoms with Gasteiger partial charge in [0.25, 0.3) is 0 Å². The van der Waals surface area contributed by atoms with Gasteiger partial charge in [0.05, 0.1) is 19.8 Å². The highest BCUT2D eigenvalue weighted by Crippen LogP contribution is 2.43. The van der Waals surface area contributed by atoms with E-state index in [4.69, 9.17) is 19.1 Å². The molecular formula is C34H67O10P. The van der Waals surface area contributed by atoms with Crippen molar-refractivity contribution in [3.05, 3.63) is 0 Å². The Morgan fingerprint density at radius 3 is 1.42 bits per heavy atom. The second-order valence-electron chi connectivity index (χ2n) is 12.3. The largest absolute Gasteiger partial charge is 0.472 e. The maximum absolute atomic E-state index is 12.4. The Morgan fingerprint density at radius 2 is 1.00 bits per heavy atom. The molecule has 0 aliphatic heterocycles. The Labute approximate surface area is 273 Å². The SMILES string of the molecule is CCCCCCCCCCCCCCCCCCCCCCCC(=O)OC(COC(=O)CCC)COP(=O)(O)OCC(O)CO. The van der Waals surface area contributed by atoms with E-state index < -0.39 is 51.8 Å². The first-order valence-corrected chi connectivity index (χ1v) is 19.5. The van der Waals surface area contributed by atoms with Gasteiger partial charge in [-0.05, 0) is 12.8 Å². The van der Waals surface area contributed by atoms with Gasteiger partial charge < -0.3 is 24.6 Å². The van der Waals surface area contributed by atoms with Crippen molar-refractivity contribution in [2.75, 3.05) is 26.4 Å². The molecule has 0 aromatic rings. The molecule has 0 saturated heterocycles. The van der Waals surface area contributed by atoms with E-state index in [2.05, 4.69) is 11.4 Å². The molecule has 0 fully saturated rings. The summed E-state index contributed by atoms with van der Waals surface area (Å²) in [6.45, 7) is 1.98. The lowest BCUT2D eigenvalue weighted by atomic mass is 10.0. The molecule has 3 atom stereocenters. The van der Waals surface area contributed by atoms with Crippen LogP contribution in [0.15, 0.2) is 0 Å². The topological polar surface area (TPSA) is 149 Å². The van der Waals surface area contributed by atoms with Crippen LogP contribution in [0.1, 0.15) is 168 Å². The first-order chi connectivity index (χ1) is 21.7. The molecule has 0 aliphatic rings. The van der Waals surface area contributed by atoms with Crippen molar-refractivity contribution >= 4 is 19.8 Å². The molecule has 0 amide bonds. The summed E-state index contributed by atoms with van der Waals surface area (Å²) in [6.07, 6.45) is 25.5. The molecule has 0 heterocycles. The van der Waals surface area contributed by atoms with E-state index in [-0.39, 0.29) is 19.4 Å². The van der Waals surface area contributed by atoms with E-state index in [9.17, 15) is 24.2 Å². The second-order valence-corrected chi connectivity index (χ2v) is 13.7. The van der Waals surface area contributed by atoms with E-state index in [1.807, 2.05) is 6.92 Å². The Morgan fingerprint density at radius 1 is 0.578 bits per heavy atom. The summed E-state index contributed by atoms with van der Waals surface area (Å²) in [5, 5.41) is 18.1. The van der Waals surface area contributed by atoms with Crippen molar-refractivity contribution in [1.82, 2.24) is 0 Å². The van der Waals surface area contributed by atoms with Gasteiger partial charge in [-0.15, -0.1) is 0 Å². The van der Waals surface area contributed by atoms with Crippen LogP contribution in [0.3, 0.4) is 0 Å². The summed E-state index contributed by atoms with van der Waals surface area (Å²) in [5.74, 6) is -0.977. The lowest BCUT2D eigenvalue weighted by Crippen LogP contribution is -2.29. The van der Waals surface area contributed by atoms with Crippen LogP contribution >= 0.6 is 7.82 Å². The summed E-state index contributed by atoms with van der Waals surface area (Å²) in [6, 6.07) is 0. The number of hydrogen-bond acceptors (Lipinski definition) is 9. The molecule has 0 aromatic heterocycles. The number of aliphatic hydroxyl groups is 2. The van der Waals surface area contributed by atoms with Crippen LogP contribution in [0.4, 0.5) is 0 Å². The number of esters is 2. The lowest BCUT2D eigenvalue weighted by Gasteiger charge is -2.20. The third kappa shape index (κ3) is 31.3. The third-order valence-electron chi connectivity index (χ3n) is 7.73. The molecule has 0 spiro atoms. The quantitative estimate of drug-likeness (QED) is 0.0348. The first-order valence-electron chi connectivity index (χ1n) is 18.0. The van der Waals surface area contributed by atoms with Crippen LogP contribution in [0.2, 0.25) is 0 Å². The van der Waals surface area contributed by atoms with Gasteiger partial charge >= 0.3 is 19.8 Å². The molecule has 45 heavy (non-hydrogen) atoms. The molecule has 3 N–H and O–H groups in total. The third-order valence-corrected chi connectivity index (χ3v) is 8.68. The average molecular weight is 667 g/mol. The number of unbranched alkanes of at least 4 members (excludes halogenated alkanes) is 20. The van der Waals surface area contributed by atoms with E-state index in [1.165, 1.54) is 109 Å².